The van der Waals surface area contributed by atoms with E-state index in [9.17, 15) is 4.79 Å². The minimum Gasteiger partial charge on any atom is -0.320 e. The van der Waals surface area contributed by atoms with Gasteiger partial charge in [0.15, 0.2) is 0 Å². The smallest absolute Gasteiger partial charge is 0.320 e. The van der Waals surface area contributed by atoms with Crippen molar-refractivity contribution in [1.29, 1.82) is 0 Å². The second-order valence-corrected chi connectivity index (χ2v) is 4.83. The molecule has 90 valence electrons. The molecule has 1 aromatic carbocycles. The van der Waals surface area contributed by atoms with Crippen LogP contribution in [0.25, 0.3) is 0 Å². The Morgan fingerprint density at radius 2 is 2.24 bits per heavy atom. The summed E-state index contributed by atoms with van der Waals surface area (Å²) in [5, 5.41) is 6.29. The fourth-order valence-electron chi connectivity index (χ4n) is 2.58. The number of amides is 2. The first-order valence-corrected chi connectivity index (χ1v) is 6.17. The molecule has 0 radical (unpaired) electrons. The van der Waals surface area contributed by atoms with Gasteiger partial charge in [-0.2, -0.15) is 0 Å². The number of benzene rings is 1. The average molecular weight is 231 g/mol. The van der Waals surface area contributed by atoms with E-state index in [1.165, 1.54) is 12.0 Å². The number of hydrogen-bond donors (Lipinski definition) is 2. The van der Waals surface area contributed by atoms with Gasteiger partial charge in [-0.25, -0.2) is 4.79 Å². The van der Waals surface area contributed by atoms with E-state index in [1.807, 2.05) is 23.1 Å². The van der Waals surface area contributed by atoms with Gasteiger partial charge in [0, 0.05) is 18.8 Å². The van der Waals surface area contributed by atoms with Crippen molar-refractivity contribution in [2.75, 3.05) is 25.0 Å². The summed E-state index contributed by atoms with van der Waals surface area (Å²) in [6, 6.07) is 8.05. The number of urea groups is 1. The Kier molecular flexibility index (Phi) is 2.73. The van der Waals surface area contributed by atoms with E-state index >= 15 is 0 Å². The maximum Gasteiger partial charge on any atom is 0.322 e. The first kappa shape index (κ1) is 10.6. The lowest BCUT2D eigenvalue weighted by Gasteiger charge is -2.31. The zero-order chi connectivity index (χ0) is 11.7. The van der Waals surface area contributed by atoms with Crippen LogP contribution in [0.3, 0.4) is 0 Å². The summed E-state index contributed by atoms with van der Waals surface area (Å²) in [6.45, 7) is 3.70. The van der Waals surface area contributed by atoms with Gasteiger partial charge in [0.05, 0.1) is 0 Å². The van der Waals surface area contributed by atoms with Crippen LogP contribution in [0.15, 0.2) is 24.3 Å². The van der Waals surface area contributed by atoms with Crippen LogP contribution in [-0.2, 0) is 6.54 Å². The first-order valence-electron chi connectivity index (χ1n) is 6.17. The van der Waals surface area contributed by atoms with E-state index in [-0.39, 0.29) is 6.03 Å². The van der Waals surface area contributed by atoms with Gasteiger partial charge in [0.25, 0.3) is 0 Å². The lowest BCUT2D eigenvalue weighted by atomic mass is 10.1. The van der Waals surface area contributed by atoms with E-state index < -0.39 is 0 Å². The average Bonchev–Trinajstić information content (AvgIpc) is 2.83. The van der Waals surface area contributed by atoms with E-state index in [4.69, 9.17) is 0 Å². The van der Waals surface area contributed by atoms with Gasteiger partial charge in [0.1, 0.15) is 0 Å². The molecule has 1 unspecified atom stereocenters. The molecule has 1 aromatic rings. The maximum absolute atomic E-state index is 11.9. The van der Waals surface area contributed by atoms with Gasteiger partial charge in [-0.05, 0) is 37.1 Å². The van der Waals surface area contributed by atoms with Gasteiger partial charge in [-0.1, -0.05) is 18.2 Å². The highest BCUT2D eigenvalue weighted by Gasteiger charge is 2.25. The minimum atomic E-state index is 0.0376. The molecule has 2 N–H and O–H groups in total. The Morgan fingerprint density at radius 1 is 1.35 bits per heavy atom. The first-order chi connectivity index (χ1) is 8.33. The molecule has 0 spiro atoms. The van der Waals surface area contributed by atoms with Crippen molar-refractivity contribution in [3.05, 3.63) is 29.8 Å². The lowest BCUT2D eigenvalue weighted by Crippen LogP contribution is -2.41. The van der Waals surface area contributed by atoms with Crippen LogP contribution in [-0.4, -0.2) is 30.6 Å². The second-order valence-electron chi connectivity index (χ2n) is 4.83. The lowest BCUT2D eigenvalue weighted by molar-refractivity contribution is 0.197. The topological polar surface area (TPSA) is 44.4 Å². The van der Waals surface area contributed by atoms with E-state index in [2.05, 4.69) is 16.7 Å². The molecule has 1 saturated heterocycles. The van der Waals surface area contributed by atoms with Gasteiger partial charge in [-0.3, -0.25) is 0 Å². The quantitative estimate of drug-likeness (QED) is 0.812. The molecule has 1 fully saturated rings. The van der Waals surface area contributed by atoms with Crippen molar-refractivity contribution in [2.45, 2.75) is 13.0 Å². The van der Waals surface area contributed by atoms with Crippen molar-refractivity contribution in [1.82, 2.24) is 10.2 Å². The van der Waals surface area contributed by atoms with Crippen LogP contribution in [0, 0.1) is 5.92 Å². The van der Waals surface area contributed by atoms with Crippen molar-refractivity contribution in [2.24, 2.45) is 5.92 Å². The number of para-hydroxylation sites is 1. The summed E-state index contributed by atoms with van der Waals surface area (Å²) in [5.74, 6) is 0.603. The summed E-state index contributed by atoms with van der Waals surface area (Å²) >= 11 is 0. The van der Waals surface area contributed by atoms with Crippen LogP contribution in [0.5, 0.6) is 0 Å². The molecule has 0 aromatic heterocycles. The molecule has 2 heterocycles. The molecular formula is C13H17N3O. The monoisotopic (exact) mass is 231 g/mol. The Balaban J connectivity index is 1.72. The molecule has 0 bridgehead atoms. The van der Waals surface area contributed by atoms with Gasteiger partial charge >= 0.3 is 6.03 Å². The number of rotatable bonds is 2. The van der Waals surface area contributed by atoms with Crippen molar-refractivity contribution in [3.63, 3.8) is 0 Å². The normalized spacial score (nSPS) is 23.4. The molecule has 0 saturated carbocycles. The van der Waals surface area contributed by atoms with Crippen LogP contribution in [0.1, 0.15) is 12.0 Å². The molecule has 2 aliphatic heterocycles. The summed E-state index contributed by atoms with van der Waals surface area (Å²) in [5.41, 5.74) is 2.16. The molecule has 1 atom stereocenters. The van der Waals surface area contributed by atoms with Gasteiger partial charge in [-0.15, -0.1) is 0 Å². The molecule has 2 aliphatic rings. The Morgan fingerprint density at radius 3 is 3.06 bits per heavy atom. The fourth-order valence-corrected chi connectivity index (χ4v) is 2.58. The molecule has 2 amide bonds. The summed E-state index contributed by atoms with van der Waals surface area (Å²) in [7, 11) is 0. The zero-order valence-electron chi connectivity index (χ0n) is 9.78. The number of carbonyl (C=O) groups is 1. The van der Waals surface area contributed by atoms with Gasteiger partial charge in [0.2, 0.25) is 0 Å². The molecule has 4 heteroatoms. The number of fused-ring (bicyclic) bond motifs is 1. The van der Waals surface area contributed by atoms with Crippen LogP contribution < -0.4 is 10.6 Å². The third-order valence-corrected chi connectivity index (χ3v) is 3.55. The number of anilines is 1. The third kappa shape index (κ3) is 2.13. The molecule has 0 aliphatic carbocycles. The summed E-state index contributed by atoms with van der Waals surface area (Å²) in [4.78, 5) is 13.9. The largest absolute Gasteiger partial charge is 0.322 e. The van der Waals surface area contributed by atoms with Crippen LogP contribution in [0.2, 0.25) is 0 Å². The van der Waals surface area contributed by atoms with Crippen LogP contribution >= 0.6 is 0 Å². The Bertz CT molecular complexity index is 426. The molecular weight excluding hydrogens is 214 g/mol. The zero-order valence-corrected chi connectivity index (χ0v) is 9.78. The number of nitrogens with zero attached hydrogens (tertiary/aromatic N) is 1. The highest BCUT2D eigenvalue weighted by molar-refractivity contribution is 5.92. The third-order valence-electron chi connectivity index (χ3n) is 3.55. The van der Waals surface area contributed by atoms with Crippen LogP contribution in [0.4, 0.5) is 10.5 Å². The predicted octanol–water partition coefficient (Wildman–Crippen LogP) is 1.64. The highest BCUT2D eigenvalue weighted by Crippen LogP contribution is 2.24. The SMILES string of the molecule is O=C1Nc2ccccc2CN1CC1CCNC1. The van der Waals surface area contributed by atoms with E-state index in [0.717, 1.165) is 31.9 Å². The fraction of sp³-hybridized carbons (Fsp3) is 0.462. The Hall–Kier alpha value is -1.55. The molecule has 4 nitrogen and oxygen atoms in total. The van der Waals surface area contributed by atoms with Gasteiger partial charge < -0.3 is 15.5 Å². The minimum absolute atomic E-state index is 0.0376. The number of hydrogen-bond acceptors (Lipinski definition) is 2. The highest BCUT2D eigenvalue weighted by atomic mass is 16.2. The molecule has 3 rings (SSSR count). The summed E-state index contributed by atoms with van der Waals surface area (Å²) in [6.07, 6.45) is 1.17. The van der Waals surface area contributed by atoms with E-state index in [1.54, 1.807) is 0 Å². The van der Waals surface area contributed by atoms with Crippen molar-refractivity contribution < 1.29 is 4.79 Å². The Labute approximate surface area is 101 Å². The number of carbonyl (C=O) groups excluding carboxylic acids is 1. The second kappa shape index (κ2) is 4.37. The summed E-state index contributed by atoms with van der Waals surface area (Å²) < 4.78 is 0. The maximum atomic E-state index is 11.9. The standard InChI is InChI=1S/C13H17N3O/c17-13-15-12-4-2-1-3-11(12)9-16(13)8-10-5-6-14-7-10/h1-4,10,14H,5-9H2,(H,15,17). The van der Waals surface area contributed by atoms with Crippen molar-refractivity contribution in [3.8, 4) is 0 Å². The number of nitrogens with one attached hydrogen (secondary N) is 2. The molecule has 17 heavy (non-hydrogen) atoms. The van der Waals surface area contributed by atoms with E-state index in [0.29, 0.717) is 5.92 Å². The predicted molar refractivity (Wildman–Crippen MR) is 66.8 cm³/mol. The van der Waals surface area contributed by atoms with Crippen molar-refractivity contribution >= 4 is 11.7 Å².